The first-order valence-electron chi connectivity index (χ1n) is 3.55. The molecule has 66 valence electrons. The Bertz CT molecular complexity index is 474. The molecule has 0 spiro atoms. The van der Waals surface area contributed by atoms with Gasteiger partial charge in [-0.05, 0) is 23.7 Å². The number of fused-ring (bicyclic) bond motifs is 1. The van der Waals surface area contributed by atoms with E-state index in [4.69, 9.17) is 27.6 Å². The van der Waals surface area contributed by atoms with Gasteiger partial charge in [0.05, 0.1) is 5.56 Å². The minimum atomic E-state index is 0.104. The fraction of sp³-hybridized carbons (Fsp3) is 0. The van der Waals surface area contributed by atoms with Crippen molar-refractivity contribution in [2.75, 3.05) is 0 Å². The van der Waals surface area contributed by atoms with Gasteiger partial charge in [0.2, 0.25) is 5.22 Å². The summed E-state index contributed by atoms with van der Waals surface area (Å²) in [6, 6.07) is 5.01. The topological polar surface area (TPSA) is 30.2 Å². The van der Waals surface area contributed by atoms with Gasteiger partial charge in [-0.1, -0.05) is 11.6 Å². The van der Waals surface area contributed by atoms with Gasteiger partial charge in [0, 0.05) is 16.5 Å². The van der Waals surface area contributed by atoms with Crippen LogP contribution in [0.5, 0.6) is 0 Å². The maximum atomic E-state index is 10.6. The van der Waals surface area contributed by atoms with E-state index in [9.17, 15) is 4.79 Å². The summed E-state index contributed by atoms with van der Waals surface area (Å²) in [6.45, 7) is 0. The lowest BCUT2D eigenvalue weighted by Gasteiger charge is -1.88. The molecule has 0 aliphatic heterocycles. The second-order valence-corrected chi connectivity index (χ2v) is 3.33. The SMILES string of the molecule is O=Cc1c(Cl)oc2cc(Cl)ccc12. The van der Waals surface area contributed by atoms with Crippen LogP contribution in [0.1, 0.15) is 10.4 Å². The lowest BCUT2D eigenvalue weighted by Crippen LogP contribution is -1.75. The summed E-state index contributed by atoms with van der Waals surface area (Å²) in [5.41, 5.74) is 0.896. The number of rotatable bonds is 1. The molecule has 0 bridgehead atoms. The van der Waals surface area contributed by atoms with Crippen molar-refractivity contribution >= 4 is 40.5 Å². The molecule has 0 aliphatic rings. The van der Waals surface area contributed by atoms with Crippen LogP contribution in [-0.4, -0.2) is 6.29 Å². The van der Waals surface area contributed by atoms with Crippen LogP contribution in [0, 0.1) is 0 Å². The van der Waals surface area contributed by atoms with Gasteiger partial charge in [0.1, 0.15) is 5.58 Å². The zero-order chi connectivity index (χ0) is 9.42. The predicted molar refractivity (Wildman–Crippen MR) is 51.6 cm³/mol. The molecule has 2 nitrogen and oxygen atoms in total. The molecule has 0 fully saturated rings. The summed E-state index contributed by atoms with van der Waals surface area (Å²) in [7, 11) is 0. The van der Waals surface area contributed by atoms with Crippen LogP contribution in [0.25, 0.3) is 11.0 Å². The molecule has 2 aromatic rings. The number of hydrogen-bond acceptors (Lipinski definition) is 2. The average Bonchev–Trinajstić information content (AvgIpc) is 2.39. The largest absolute Gasteiger partial charge is 0.444 e. The van der Waals surface area contributed by atoms with Crippen molar-refractivity contribution in [2.24, 2.45) is 0 Å². The highest BCUT2D eigenvalue weighted by Crippen LogP contribution is 2.29. The van der Waals surface area contributed by atoms with E-state index in [2.05, 4.69) is 0 Å². The summed E-state index contributed by atoms with van der Waals surface area (Å²) < 4.78 is 5.12. The van der Waals surface area contributed by atoms with Crippen LogP contribution < -0.4 is 0 Å². The van der Waals surface area contributed by atoms with Gasteiger partial charge in [-0.2, -0.15) is 0 Å². The van der Waals surface area contributed by atoms with Gasteiger partial charge < -0.3 is 4.42 Å². The van der Waals surface area contributed by atoms with E-state index < -0.39 is 0 Å². The maximum absolute atomic E-state index is 10.6. The second-order valence-electron chi connectivity index (χ2n) is 2.55. The quantitative estimate of drug-likeness (QED) is 0.680. The summed E-state index contributed by atoms with van der Waals surface area (Å²) in [6.07, 6.45) is 0.669. The third-order valence-electron chi connectivity index (χ3n) is 1.76. The van der Waals surface area contributed by atoms with Crippen LogP contribution in [0.2, 0.25) is 10.2 Å². The smallest absolute Gasteiger partial charge is 0.205 e. The van der Waals surface area contributed by atoms with Gasteiger partial charge in [-0.15, -0.1) is 0 Å². The van der Waals surface area contributed by atoms with E-state index >= 15 is 0 Å². The highest BCUT2D eigenvalue weighted by molar-refractivity contribution is 6.34. The molecule has 0 saturated heterocycles. The lowest BCUT2D eigenvalue weighted by atomic mass is 10.2. The van der Waals surface area contributed by atoms with Crippen molar-refractivity contribution in [3.05, 3.63) is 34.0 Å². The molecular weight excluding hydrogens is 211 g/mol. The number of halogens is 2. The standard InChI is InChI=1S/C9H4Cl2O2/c10-5-1-2-6-7(4-12)9(11)13-8(6)3-5/h1-4H. The summed E-state index contributed by atoms with van der Waals surface area (Å²) >= 11 is 11.4. The number of hydrogen-bond donors (Lipinski definition) is 0. The van der Waals surface area contributed by atoms with Crippen molar-refractivity contribution in [3.8, 4) is 0 Å². The number of furan rings is 1. The molecule has 2 rings (SSSR count). The van der Waals surface area contributed by atoms with E-state index in [1.165, 1.54) is 0 Å². The van der Waals surface area contributed by atoms with Crippen molar-refractivity contribution in [1.82, 2.24) is 0 Å². The van der Waals surface area contributed by atoms with Crippen LogP contribution in [0.4, 0.5) is 0 Å². The zero-order valence-corrected chi connectivity index (χ0v) is 7.89. The molecule has 0 saturated carbocycles. The number of benzene rings is 1. The van der Waals surface area contributed by atoms with Crippen molar-refractivity contribution in [2.45, 2.75) is 0 Å². The normalized spacial score (nSPS) is 10.6. The third-order valence-corrected chi connectivity index (χ3v) is 2.28. The Morgan fingerprint density at radius 3 is 2.77 bits per heavy atom. The highest BCUT2D eigenvalue weighted by Gasteiger charge is 2.11. The van der Waals surface area contributed by atoms with Gasteiger partial charge >= 0.3 is 0 Å². The minimum Gasteiger partial charge on any atom is -0.444 e. The summed E-state index contributed by atoms with van der Waals surface area (Å²) in [5, 5.41) is 1.34. The number of carbonyl (C=O) groups is 1. The Morgan fingerprint density at radius 2 is 2.08 bits per heavy atom. The molecule has 13 heavy (non-hydrogen) atoms. The molecule has 0 atom stereocenters. The second kappa shape index (κ2) is 3.05. The maximum Gasteiger partial charge on any atom is 0.205 e. The molecule has 0 N–H and O–H groups in total. The van der Waals surface area contributed by atoms with E-state index in [0.29, 0.717) is 27.8 Å². The third kappa shape index (κ3) is 1.32. The van der Waals surface area contributed by atoms with Crippen molar-refractivity contribution < 1.29 is 9.21 Å². The Labute approximate surface area is 84.0 Å². The molecule has 0 unspecified atom stereocenters. The Kier molecular flexibility index (Phi) is 2.02. The average molecular weight is 215 g/mol. The molecule has 1 aromatic carbocycles. The van der Waals surface area contributed by atoms with Crippen molar-refractivity contribution in [1.29, 1.82) is 0 Å². The summed E-state index contributed by atoms with van der Waals surface area (Å²) in [4.78, 5) is 10.6. The molecule has 0 amide bonds. The van der Waals surface area contributed by atoms with E-state index in [-0.39, 0.29) is 5.22 Å². The molecule has 4 heteroatoms. The Morgan fingerprint density at radius 1 is 1.31 bits per heavy atom. The summed E-state index contributed by atoms with van der Waals surface area (Å²) in [5.74, 6) is 0. The van der Waals surface area contributed by atoms with E-state index in [0.717, 1.165) is 0 Å². The first kappa shape index (κ1) is 8.60. The van der Waals surface area contributed by atoms with Crippen LogP contribution in [-0.2, 0) is 0 Å². The highest BCUT2D eigenvalue weighted by atomic mass is 35.5. The van der Waals surface area contributed by atoms with Gasteiger partial charge in [0.15, 0.2) is 6.29 Å². The van der Waals surface area contributed by atoms with Gasteiger partial charge in [-0.25, -0.2) is 0 Å². The fourth-order valence-corrected chi connectivity index (χ4v) is 1.56. The Hall–Kier alpha value is -0.990. The molecule has 0 aliphatic carbocycles. The van der Waals surface area contributed by atoms with E-state index in [1.54, 1.807) is 18.2 Å². The van der Waals surface area contributed by atoms with E-state index in [1.807, 2.05) is 0 Å². The Balaban J connectivity index is 2.86. The van der Waals surface area contributed by atoms with Crippen LogP contribution in [0.15, 0.2) is 22.6 Å². The predicted octanol–water partition coefficient (Wildman–Crippen LogP) is 3.55. The molecule has 0 radical (unpaired) electrons. The molecular formula is C9H4Cl2O2. The molecule has 1 heterocycles. The first-order valence-corrected chi connectivity index (χ1v) is 4.30. The number of carbonyl (C=O) groups excluding carboxylic acids is 1. The fourth-order valence-electron chi connectivity index (χ4n) is 1.17. The monoisotopic (exact) mass is 214 g/mol. The lowest BCUT2D eigenvalue weighted by molar-refractivity contribution is 0.112. The minimum absolute atomic E-state index is 0.104. The molecule has 1 aromatic heterocycles. The van der Waals surface area contributed by atoms with Crippen LogP contribution >= 0.6 is 23.2 Å². The number of aldehydes is 1. The zero-order valence-electron chi connectivity index (χ0n) is 6.38. The first-order chi connectivity index (χ1) is 6.22. The van der Waals surface area contributed by atoms with Gasteiger partial charge in [0.25, 0.3) is 0 Å². The van der Waals surface area contributed by atoms with Crippen LogP contribution in [0.3, 0.4) is 0 Å². The van der Waals surface area contributed by atoms with Gasteiger partial charge in [-0.3, -0.25) is 4.79 Å². The van der Waals surface area contributed by atoms with Crippen molar-refractivity contribution in [3.63, 3.8) is 0 Å².